The van der Waals surface area contributed by atoms with Crippen LogP contribution in [0.1, 0.15) is 61.7 Å². The molecule has 43 heavy (non-hydrogen) atoms. The van der Waals surface area contributed by atoms with E-state index in [0.717, 1.165) is 70.0 Å². The van der Waals surface area contributed by atoms with E-state index in [1.165, 1.54) is 9.78 Å². The minimum absolute atomic E-state index is 0.000488. The summed E-state index contributed by atoms with van der Waals surface area (Å²) in [6, 6.07) is 17.2. The SMILES string of the molecule is Cc1cc(C)cc(N2C(=O)C(=Cc3cc(C)n(-c4sc5c(c4C(=O)Nc4ccccc4)CCCC5)c3C)C(=O)NC2=S)c1. The van der Waals surface area contributed by atoms with Gasteiger partial charge in [0.15, 0.2) is 5.11 Å². The van der Waals surface area contributed by atoms with Gasteiger partial charge >= 0.3 is 0 Å². The van der Waals surface area contributed by atoms with E-state index in [2.05, 4.69) is 15.2 Å². The Morgan fingerprint density at radius 2 is 1.67 bits per heavy atom. The molecular formula is C34H32N4O3S2. The molecule has 1 aliphatic heterocycles. The lowest BCUT2D eigenvalue weighted by atomic mass is 9.95. The zero-order chi connectivity index (χ0) is 30.4. The van der Waals surface area contributed by atoms with Crippen LogP contribution in [0.15, 0.2) is 60.2 Å². The van der Waals surface area contributed by atoms with Crippen LogP contribution in [0.25, 0.3) is 11.1 Å². The topological polar surface area (TPSA) is 83.4 Å². The molecule has 2 aliphatic rings. The first-order valence-electron chi connectivity index (χ1n) is 14.3. The van der Waals surface area contributed by atoms with Crippen molar-refractivity contribution in [2.24, 2.45) is 0 Å². The number of benzene rings is 2. The fourth-order valence-electron chi connectivity index (χ4n) is 6.03. The molecule has 2 aromatic carbocycles. The number of aromatic nitrogens is 1. The number of nitrogens with one attached hydrogen (secondary N) is 2. The Hall–Kier alpha value is -4.34. The summed E-state index contributed by atoms with van der Waals surface area (Å²) in [5.74, 6) is -1.14. The monoisotopic (exact) mass is 608 g/mol. The number of carbonyl (C=O) groups excluding carboxylic acids is 3. The Labute approximate surface area is 260 Å². The van der Waals surface area contributed by atoms with Gasteiger partial charge < -0.3 is 9.88 Å². The summed E-state index contributed by atoms with van der Waals surface area (Å²) >= 11 is 7.07. The number of para-hydroxylation sites is 1. The van der Waals surface area contributed by atoms with Gasteiger partial charge in [-0.3, -0.25) is 24.6 Å². The van der Waals surface area contributed by atoms with Crippen molar-refractivity contribution >= 4 is 63.8 Å². The van der Waals surface area contributed by atoms with Crippen LogP contribution in [-0.4, -0.2) is 27.4 Å². The van der Waals surface area contributed by atoms with Gasteiger partial charge in [-0.1, -0.05) is 24.3 Å². The standard InChI is InChI=1S/C34H32N4O3S2/c1-19-14-20(2)16-25(15-19)38-32(41)27(30(39)36-34(38)42)18-23-17-21(3)37(22(23)4)33-29(26-12-8-9-13-28(26)43-33)31(40)35-24-10-6-5-7-11-24/h5-7,10-11,14-18H,8-9,12-13H2,1-4H3,(H,35,40)(H,36,39,42). The van der Waals surface area contributed by atoms with E-state index in [9.17, 15) is 14.4 Å². The highest BCUT2D eigenvalue weighted by Gasteiger charge is 2.35. The Morgan fingerprint density at radius 1 is 0.977 bits per heavy atom. The second kappa shape index (κ2) is 11.4. The van der Waals surface area contributed by atoms with Crippen LogP contribution in [0.3, 0.4) is 0 Å². The molecule has 3 heterocycles. The van der Waals surface area contributed by atoms with Crippen molar-refractivity contribution < 1.29 is 14.4 Å². The van der Waals surface area contributed by atoms with Gasteiger partial charge in [0.05, 0.1) is 11.3 Å². The zero-order valence-corrected chi connectivity index (χ0v) is 26.2. The number of carbonyl (C=O) groups is 3. The molecule has 1 saturated heterocycles. The number of fused-ring (bicyclic) bond motifs is 1. The van der Waals surface area contributed by atoms with Crippen molar-refractivity contribution in [2.45, 2.75) is 53.4 Å². The maximum atomic E-state index is 13.8. The molecule has 4 aromatic rings. The quantitative estimate of drug-likeness (QED) is 0.149. The van der Waals surface area contributed by atoms with Crippen molar-refractivity contribution in [1.82, 2.24) is 9.88 Å². The number of hydrogen-bond donors (Lipinski definition) is 2. The van der Waals surface area contributed by atoms with Crippen molar-refractivity contribution in [3.63, 3.8) is 0 Å². The summed E-state index contributed by atoms with van der Waals surface area (Å²) in [5.41, 5.74) is 7.62. The Balaban J connectivity index is 1.42. The van der Waals surface area contributed by atoms with Gasteiger partial charge in [-0.25, -0.2) is 0 Å². The van der Waals surface area contributed by atoms with Crippen LogP contribution in [0, 0.1) is 27.7 Å². The summed E-state index contributed by atoms with van der Waals surface area (Å²) in [6.45, 7) is 7.84. The van der Waals surface area contributed by atoms with E-state index in [1.807, 2.05) is 82.3 Å². The molecule has 9 heteroatoms. The third-order valence-electron chi connectivity index (χ3n) is 7.95. The smallest absolute Gasteiger partial charge is 0.270 e. The lowest BCUT2D eigenvalue weighted by Crippen LogP contribution is -2.54. The molecule has 0 spiro atoms. The van der Waals surface area contributed by atoms with Crippen molar-refractivity contribution in [2.75, 3.05) is 10.2 Å². The molecule has 6 rings (SSSR count). The number of anilines is 2. The predicted octanol–water partition coefficient (Wildman–Crippen LogP) is 6.73. The van der Waals surface area contributed by atoms with E-state index in [4.69, 9.17) is 12.2 Å². The molecule has 3 amide bonds. The summed E-state index contributed by atoms with van der Waals surface area (Å²) < 4.78 is 2.08. The van der Waals surface area contributed by atoms with E-state index >= 15 is 0 Å². The molecule has 0 unspecified atom stereocenters. The zero-order valence-electron chi connectivity index (χ0n) is 24.5. The normalized spacial score (nSPS) is 16.0. The molecule has 2 aromatic heterocycles. The third kappa shape index (κ3) is 5.34. The maximum Gasteiger partial charge on any atom is 0.270 e. The Bertz CT molecular complexity index is 1830. The molecular weight excluding hydrogens is 577 g/mol. The van der Waals surface area contributed by atoms with Gasteiger partial charge in [0, 0.05) is 22.0 Å². The summed E-state index contributed by atoms with van der Waals surface area (Å²) in [5, 5.41) is 6.69. The van der Waals surface area contributed by atoms with Crippen LogP contribution < -0.4 is 15.5 Å². The number of nitrogens with zero attached hydrogens (tertiary/aromatic N) is 2. The molecule has 0 radical (unpaired) electrons. The molecule has 7 nitrogen and oxygen atoms in total. The van der Waals surface area contributed by atoms with Crippen LogP contribution in [0.4, 0.5) is 11.4 Å². The Morgan fingerprint density at radius 3 is 2.40 bits per heavy atom. The van der Waals surface area contributed by atoms with Gasteiger partial charge in [-0.15, -0.1) is 11.3 Å². The van der Waals surface area contributed by atoms with E-state index in [-0.39, 0.29) is 16.6 Å². The first kappa shape index (κ1) is 28.8. The number of amides is 3. The first-order chi connectivity index (χ1) is 20.6. The van der Waals surface area contributed by atoms with Crippen molar-refractivity contribution in [3.8, 4) is 5.00 Å². The van der Waals surface area contributed by atoms with Gasteiger partial charge in [0.2, 0.25) is 0 Å². The molecule has 218 valence electrons. The summed E-state index contributed by atoms with van der Waals surface area (Å²) in [7, 11) is 0. The lowest BCUT2D eigenvalue weighted by molar-refractivity contribution is -0.122. The highest BCUT2D eigenvalue weighted by atomic mass is 32.1. The fourth-order valence-corrected chi connectivity index (χ4v) is 7.81. The molecule has 2 N–H and O–H groups in total. The van der Waals surface area contributed by atoms with Crippen molar-refractivity contribution in [1.29, 1.82) is 0 Å². The van der Waals surface area contributed by atoms with Gasteiger partial charge in [-0.2, -0.15) is 0 Å². The molecule has 1 aliphatic carbocycles. The second-order valence-corrected chi connectivity index (χ2v) is 12.6. The molecule has 0 saturated carbocycles. The first-order valence-corrected chi connectivity index (χ1v) is 15.5. The number of hydrogen-bond acceptors (Lipinski definition) is 5. The fraction of sp³-hybridized carbons (Fsp3) is 0.235. The van der Waals surface area contributed by atoms with Gasteiger partial charge in [-0.05, 0) is 124 Å². The van der Waals surface area contributed by atoms with Gasteiger partial charge in [0.25, 0.3) is 17.7 Å². The molecule has 1 fully saturated rings. The highest BCUT2D eigenvalue weighted by Crippen LogP contribution is 2.39. The van der Waals surface area contributed by atoms with Crippen LogP contribution in [-0.2, 0) is 22.4 Å². The number of rotatable bonds is 5. The largest absolute Gasteiger partial charge is 0.322 e. The molecule has 0 atom stereocenters. The summed E-state index contributed by atoms with van der Waals surface area (Å²) in [6.07, 6.45) is 5.59. The predicted molar refractivity (Wildman–Crippen MR) is 176 cm³/mol. The van der Waals surface area contributed by atoms with Crippen LogP contribution in [0.2, 0.25) is 0 Å². The van der Waals surface area contributed by atoms with Gasteiger partial charge in [0.1, 0.15) is 10.6 Å². The lowest BCUT2D eigenvalue weighted by Gasteiger charge is -2.29. The van der Waals surface area contributed by atoms with Crippen LogP contribution >= 0.6 is 23.6 Å². The maximum absolute atomic E-state index is 13.8. The average Bonchev–Trinajstić information content (AvgIpc) is 3.46. The van der Waals surface area contributed by atoms with E-state index in [0.29, 0.717) is 11.3 Å². The number of thiophene rings is 1. The second-order valence-electron chi connectivity index (χ2n) is 11.2. The number of aryl methyl sites for hydroxylation is 4. The van der Waals surface area contributed by atoms with E-state index < -0.39 is 11.8 Å². The Kier molecular flexibility index (Phi) is 7.62. The van der Waals surface area contributed by atoms with E-state index in [1.54, 1.807) is 17.4 Å². The minimum Gasteiger partial charge on any atom is -0.322 e. The minimum atomic E-state index is -0.532. The average molecular weight is 609 g/mol. The molecule has 0 bridgehead atoms. The summed E-state index contributed by atoms with van der Waals surface area (Å²) in [4.78, 5) is 43.2. The van der Waals surface area contributed by atoms with Crippen molar-refractivity contribution in [3.05, 3.63) is 104 Å². The third-order valence-corrected chi connectivity index (χ3v) is 9.51. The van der Waals surface area contributed by atoms with Crippen LogP contribution in [0.5, 0.6) is 0 Å². The highest BCUT2D eigenvalue weighted by molar-refractivity contribution is 7.80. The number of thiocarbonyl (C=S) groups is 1.